The van der Waals surface area contributed by atoms with Crippen molar-refractivity contribution in [2.45, 2.75) is 31.8 Å². The maximum absolute atomic E-state index is 5.29. The van der Waals surface area contributed by atoms with Crippen molar-refractivity contribution in [3.8, 4) is 5.75 Å². The summed E-state index contributed by atoms with van der Waals surface area (Å²) in [5.41, 5.74) is 1.63. The van der Waals surface area contributed by atoms with Crippen molar-refractivity contribution in [2.75, 3.05) is 7.11 Å². The van der Waals surface area contributed by atoms with Gasteiger partial charge in [-0.15, -0.1) is 0 Å². The molecule has 1 N–H and O–H groups in total. The van der Waals surface area contributed by atoms with Crippen LogP contribution in [0.4, 0.5) is 0 Å². The first kappa shape index (κ1) is 9.53. The highest BCUT2D eigenvalue weighted by atomic mass is 16.5. The highest BCUT2D eigenvalue weighted by molar-refractivity contribution is 5.33. The summed E-state index contributed by atoms with van der Waals surface area (Å²) < 4.78 is 5.29. The average molecular weight is 191 g/mol. The number of benzene rings is 1. The van der Waals surface area contributed by atoms with E-state index in [1.165, 1.54) is 18.4 Å². The monoisotopic (exact) mass is 191 g/mol. The third kappa shape index (κ3) is 2.07. The third-order valence-corrected chi connectivity index (χ3v) is 2.90. The van der Waals surface area contributed by atoms with Gasteiger partial charge in [0.2, 0.25) is 0 Å². The second-order valence-corrected chi connectivity index (χ2v) is 4.23. The van der Waals surface area contributed by atoms with Crippen LogP contribution in [-0.2, 0) is 6.54 Å². The molecule has 1 aromatic rings. The Hall–Kier alpha value is -1.02. The molecule has 1 aromatic carbocycles. The van der Waals surface area contributed by atoms with E-state index in [4.69, 9.17) is 4.74 Å². The van der Waals surface area contributed by atoms with Gasteiger partial charge >= 0.3 is 0 Å². The Balaban J connectivity index is 2.00. The Morgan fingerprint density at radius 3 is 2.71 bits per heavy atom. The zero-order valence-electron chi connectivity index (χ0n) is 8.84. The highest BCUT2D eigenvalue weighted by Gasteiger charge is 2.36. The fourth-order valence-electron chi connectivity index (χ4n) is 1.52. The Bertz CT molecular complexity index is 318. The van der Waals surface area contributed by atoms with E-state index in [0.29, 0.717) is 5.54 Å². The number of rotatable bonds is 4. The molecule has 0 unspecified atom stereocenters. The van der Waals surface area contributed by atoms with Gasteiger partial charge in [0, 0.05) is 17.6 Å². The molecule has 76 valence electrons. The number of nitrogens with one attached hydrogen (secondary N) is 1. The van der Waals surface area contributed by atoms with Crippen LogP contribution in [0, 0.1) is 0 Å². The number of para-hydroxylation sites is 1. The molecule has 0 atom stereocenters. The lowest BCUT2D eigenvalue weighted by molar-refractivity contribution is 0.405. The summed E-state index contributed by atoms with van der Waals surface area (Å²) in [4.78, 5) is 0. The second kappa shape index (κ2) is 3.62. The normalized spacial score (nSPS) is 17.9. The van der Waals surface area contributed by atoms with E-state index in [2.05, 4.69) is 24.4 Å². The van der Waals surface area contributed by atoms with Crippen molar-refractivity contribution in [3.05, 3.63) is 29.8 Å². The van der Waals surface area contributed by atoms with E-state index in [0.717, 1.165) is 12.3 Å². The fraction of sp³-hybridized carbons (Fsp3) is 0.500. The standard InChI is InChI=1S/C12H17NO/c1-12(7-8-12)13-9-10-5-3-4-6-11(10)14-2/h3-6,13H,7-9H2,1-2H3. The summed E-state index contributed by atoms with van der Waals surface area (Å²) in [7, 11) is 1.72. The summed E-state index contributed by atoms with van der Waals surface area (Å²) in [6.45, 7) is 3.17. The first-order valence-electron chi connectivity index (χ1n) is 5.10. The van der Waals surface area contributed by atoms with Crippen molar-refractivity contribution in [2.24, 2.45) is 0 Å². The van der Waals surface area contributed by atoms with Crippen LogP contribution in [0.5, 0.6) is 5.75 Å². The molecule has 0 aliphatic heterocycles. The third-order valence-electron chi connectivity index (χ3n) is 2.90. The van der Waals surface area contributed by atoms with E-state index in [9.17, 15) is 0 Å². The van der Waals surface area contributed by atoms with Gasteiger partial charge in [0.05, 0.1) is 7.11 Å². The van der Waals surface area contributed by atoms with Gasteiger partial charge in [0.15, 0.2) is 0 Å². The molecule has 1 aliphatic carbocycles. The molecule has 14 heavy (non-hydrogen) atoms. The zero-order chi connectivity index (χ0) is 10.0. The topological polar surface area (TPSA) is 21.3 Å². The van der Waals surface area contributed by atoms with Crippen molar-refractivity contribution in [3.63, 3.8) is 0 Å². The number of ether oxygens (including phenoxy) is 1. The summed E-state index contributed by atoms with van der Waals surface area (Å²) in [5, 5.41) is 3.54. The van der Waals surface area contributed by atoms with Gasteiger partial charge in [-0.05, 0) is 25.8 Å². The molecule has 0 spiro atoms. The minimum atomic E-state index is 0.390. The molecule has 1 aliphatic rings. The van der Waals surface area contributed by atoms with Crippen LogP contribution in [0.2, 0.25) is 0 Å². The molecular weight excluding hydrogens is 174 g/mol. The second-order valence-electron chi connectivity index (χ2n) is 4.23. The van der Waals surface area contributed by atoms with Crippen molar-refractivity contribution < 1.29 is 4.74 Å². The summed E-state index contributed by atoms with van der Waals surface area (Å²) in [6.07, 6.45) is 2.59. The molecule has 2 nitrogen and oxygen atoms in total. The first-order chi connectivity index (χ1) is 6.73. The lowest BCUT2D eigenvalue weighted by Gasteiger charge is -2.13. The average Bonchev–Trinajstić information content (AvgIpc) is 2.95. The highest BCUT2D eigenvalue weighted by Crippen LogP contribution is 2.34. The Morgan fingerprint density at radius 1 is 1.36 bits per heavy atom. The molecule has 0 bridgehead atoms. The van der Waals surface area contributed by atoms with Crippen molar-refractivity contribution >= 4 is 0 Å². The summed E-state index contributed by atoms with van der Waals surface area (Å²) >= 11 is 0. The summed E-state index contributed by atoms with van der Waals surface area (Å²) in [6, 6.07) is 8.17. The molecule has 0 amide bonds. The fourth-order valence-corrected chi connectivity index (χ4v) is 1.52. The van der Waals surface area contributed by atoms with Crippen LogP contribution in [0.3, 0.4) is 0 Å². The summed E-state index contributed by atoms with van der Waals surface area (Å²) in [5.74, 6) is 0.976. The van der Waals surface area contributed by atoms with Crippen molar-refractivity contribution in [1.82, 2.24) is 5.32 Å². The maximum atomic E-state index is 5.29. The first-order valence-corrected chi connectivity index (χ1v) is 5.10. The number of methoxy groups -OCH3 is 1. The van der Waals surface area contributed by atoms with Gasteiger partial charge < -0.3 is 10.1 Å². The predicted octanol–water partition coefficient (Wildman–Crippen LogP) is 2.34. The largest absolute Gasteiger partial charge is 0.496 e. The molecule has 1 fully saturated rings. The molecule has 1 saturated carbocycles. The Labute approximate surface area is 85.3 Å². The molecule has 0 aromatic heterocycles. The van der Waals surface area contributed by atoms with E-state index in [-0.39, 0.29) is 0 Å². The van der Waals surface area contributed by atoms with E-state index < -0.39 is 0 Å². The van der Waals surface area contributed by atoms with Crippen LogP contribution >= 0.6 is 0 Å². The maximum Gasteiger partial charge on any atom is 0.123 e. The van der Waals surface area contributed by atoms with Crippen LogP contribution in [-0.4, -0.2) is 12.6 Å². The van der Waals surface area contributed by atoms with Crippen LogP contribution in [0.15, 0.2) is 24.3 Å². The minimum Gasteiger partial charge on any atom is -0.496 e. The smallest absolute Gasteiger partial charge is 0.123 e. The van der Waals surface area contributed by atoms with Gasteiger partial charge in [-0.2, -0.15) is 0 Å². The molecule has 2 rings (SSSR count). The van der Waals surface area contributed by atoms with Crippen LogP contribution < -0.4 is 10.1 Å². The number of hydrogen-bond donors (Lipinski definition) is 1. The van der Waals surface area contributed by atoms with Gasteiger partial charge in [0.1, 0.15) is 5.75 Å². The van der Waals surface area contributed by atoms with E-state index in [1.54, 1.807) is 7.11 Å². The number of hydrogen-bond acceptors (Lipinski definition) is 2. The van der Waals surface area contributed by atoms with Gasteiger partial charge in [-0.3, -0.25) is 0 Å². The Morgan fingerprint density at radius 2 is 2.07 bits per heavy atom. The van der Waals surface area contributed by atoms with Crippen LogP contribution in [0.25, 0.3) is 0 Å². The quantitative estimate of drug-likeness (QED) is 0.788. The zero-order valence-corrected chi connectivity index (χ0v) is 8.84. The molecule has 0 radical (unpaired) electrons. The lowest BCUT2D eigenvalue weighted by Crippen LogP contribution is -2.27. The SMILES string of the molecule is COc1ccccc1CNC1(C)CC1. The van der Waals surface area contributed by atoms with E-state index in [1.807, 2.05) is 12.1 Å². The lowest BCUT2D eigenvalue weighted by atomic mass is 10.2. The molecule has 2 heteroatoms. The van der Waals surface area contributed by atoms with Gasteiger partial charge in [-0.25, -0.2) is 0 Å². The van der Waals surface area contributed by atoms with Crippen molar-refractivity contribution in [1.29, 1.82) is 0 Å². The van der Waals surface area contributed by atoms with E-state index >= 15 is 0 Å². The predicted molar refractivity (Wildman–Crippen MR) is 57.5 cm³/mol. The van der Waals surface area contributed by atoms with Crippen LogP contribution in [0.1, 0.15) is 25.3 Å². The molecular formula is C12H17NO. The molecule has 0 heterocycles. The Kier molecular flexibility index (Phi) is 2.46. The minimum absolute atomic E-state index is 0.390. The van der Waals surface area contributed by atoms with Gasteiger partial charge in [-0.1, -0.05) is 18.2 Å². The molecule has 0 saturated heterocycles. The van der Waals surface area contributed by atoms with Gasteiger partial charge in [0.25, 0.3) is 0 Å².